The third kappa shape index (κ3) is 2.35. The van der Waals surface area contributed by atoms with Gasteiger partial charge in [0.25, 0.3) is 0 Å². The Morgan fingerprint density at radius 3 is 2.65 bits per heavy atom. The summed E-state index contributed by atoms with van der Waals surface area (Å²) in [6, 6.07) is 9.60. The highest BCUT2D eigenvalue weighted by molar-refractivity contribution is 5.63. The van der Waals surface area contributed by atoms with Gasteiger partial charge in [-0.1, -0.05) is 12.1 Å². The number of hydrogen-bond donors (Lipinski definition) is 1. The molecule has 2 rings (SSSR count). The number of benzene rings is 1. The highest BCUT2D eigenvalue weighted by Gasteiger charge is 2.09. The molecule has 0 spiro atoms. The molecule has 0 bridgehead atoms. The lowest BCUT2D eigenvalue weighted by molar-refractivity contribution is 0.765. The maximum atomic E-state index is 8.76. The van der Waals surface area contributed by atoms with E-state index < -0.39 is 0 Å². The highest BCUT2D eigenvalue weighted by atomic mass is 15.3. The van der Waals surface area contributed by atoms with Gasteiger partial charge in [0.1, 0.15) is 0 Å². The zero-order chi connectivity index (χ0) is 12.3. The third-order valence-corrected chi connectivity index (χ3v) is 2.56. The molecule has 0 radical (unpaired) electrons. The summed E-state index contributed by atoms with van der Waals surface area (Å²) in [6.45, 7) is 0.781. The summed E-state index contributed by atoms with van der Waals surface area (Å²) >= 11 is 0. The van der Waals surface area contributed by atoms with Crippen LogP contribution in [0.1, 0.15) is 11.1 Å². The number of hydrogen-bond acceptors (Lipinski definition) is 3. The number of nitriles is 1. The van der Waals surface area contributed by atoms with E-state index in [1.807, 2.05) is 44.6 Å². The Bertz CT molecular complexity index is 546. The van der Waals surface area contributed by atoms with Crippen molar-refractivity contribution in [3.05, 3.63) is 41.6 Å². The van der Waals surface area contributed by atoms with Gasteiger partial charge in [-0.15, -0.1) is 0 Å². The Balaban J connectivity index is 2.41. The number of aromatic nitrogens is 2. The van der Waals surface area contributed by atoms with Crippen LogP contribution >= 0.6 is 0 Å². The lowest BCUT2D eigenvalue weighted by atomic mass is 10.1. The molecule has 1 N–H and O–H groups in total. The fraction of sp³-hybridized carbons (Fsp3) is 0.231. The van der Waals surface area contributed by atoms with Gasteiger partial charge < -0.3 is 5.32 Å². The fourth-order valence-corrected chi connectivity index (χ4v) is 1.80. The van der Waals surface area contributed by atoms with Crippen molar-refractivity contribution in [3.8, 4) is 17.3 Å². The second-order valence-corrected chi connectivity index (χ2v) is 3.90. The molecule has 4 heteroatoms. The van der Waals surface area contributed by atoms with Gasteiger partial charge >= 0.3 is 0 Å². The Kier molecular flexibility index (Phi) is 3.22. The summed E-state index contributed by atoms with van der Waals surface area (Å²) in [6.07, 6.45) is 2.00. The first-order valence-corrected chi connectivity index (χ1v) is 5.42. The summed E-state index contributed by atoms with van der Waals surface area (Å²) in [5.74, 6) is 0. The Hall–Kier alpha value is -2.12. The van der Waals surface area contributed by atoms with Crippen molar-refractivity contribution in [2.45, 2.75) is 6.54 Å². The predicted molar refractivity (Wildman–Crippen MR) is 66.1 cm³/mol. The van der Waals surface area contributed by atoms with Crippen molar-refractivity contribution in [3.63, 3.8) is 0 Å². The molecule has 1 aromatic heterocycles. The third-order valence-electron chi connectivity index (χ3n) is 2.56. The maximum Gasteiger partial charge on any atom is 0.0991 e. The number of rotatable bonds is 3. The van der Waals surface area contributed by atoms with E-state index in [1.54, 1.807) is 4.68 Å². The lowest BCUT2D eigenvalue weighted by Crippen LogP contribution is -2.05. The molecule has 0 aliphatic carbocycles. The lowest BCUT2D eigenvalue weighted by Gasteiger charge is -2.01. The molecule has 0 saturated carbocycles. The van der Waals surface area contributed by atoms with Crippen LogP contribution in [-0.4, -0.2) is 16.8 Å². The monoisotopic (exact) mass is 226 g/mol. The molecule has 2 aromatic rings. The van der Waals surface area contributed by atoms with Crippen LogP contribution in [0.5, 0.6) is 0 Å². The maximum absolute atomic E-state index is 8.76. The first kappa shape index (κ1) is 11.4. The molecule has 0 aliphatic rings. The highest BCUT2D eigenvalue weighted by Crippen LogP contribution is 2.22. The van der Waals surface area contributed by atoms with Crippen molar-refractivity contribution in [2.24, 2.45) is 7.05 Å². The topological polar surface area (TPSA) is 53.6 Å². The van der Waals surface area contributed by atoms with Gasteiger partial charge in [0.15, 0.2) is 0 Å². The molecule has 1 heterocycles. The minimum absolute atomic E-state index is 0.667. The number of nitrogens with one attached hydrogen (secondary N) is 1. The fourth-order valence-electron chi connectivity index (χ4n) is 1.80. The molecule has 17 heavy (non-hydrogen) atoms. The van der Waals surface area contributed by atoms with Gasteiger partial charge in [0.2, 0.25) is 0 Å². The molecule has 0 unspecified atom stereocenters. The smallest absolute Gasteiger partial charge is 0.0991 e. The second-order valence-electron chi connectivity index (χ2n) is 3.90. The summed E-state index contributed by atoms with van der Waals surface area (Å²) < 4.78 is 1.81. The predicted octanol–water partition coefficient (Wildman–Crippen LogP) is 1.68. The first-order valence-electron chi connectivity index (χ1n) is 5.42. The second kappa shape index (κ2) is 4.81. The van der Waals surface area contributed by atoms with Crippen LogP contribution in [0.15, 0.2) is 30.5 Å². The summed E-state index contributed by atoms with van der Waals surface area (Å²) in [5.41, 5.74) is 3.82. The van der Waals surface area contributed by atoms with Gasteiger partial charge in [0, 0.05) is 30.9 Å². The van der Waals surface area contributed by atoms with E-state index in [-0.39, 0.29) is 0 Å². The number of aryl methyl sites for hydroxylation is 1. The minimum Gasteiger partial charge on any atom is -0.316 e. The molecule has 1 aromatic carbocycles. The normalized spacial score (nSPS) is 10.2. The van der Waals surface area contributed by atoms with Crippen molar-refractivity contribution in [1.29, 1.82) is 5.26 Å². The molecule has 0 atom stereocenters. The average Bonchev–Trinajstić information content (AvgIpc) is 2.71. The molecule has 0 saturated heterocycles. The van der Waals surface area contributed by atoms with E-state index >= 15 is 0 Å². The zero-order valence-corrected chi connectivity index (χ0v) is 9.94. The van der Waals surface area contributed by atoms with E-state index in [0.29, 0.717) is 5.56 Å². The molecule has 0 amide bonds. The standard InChI is InChI=1S/C13H14N4/c1-15-8-12-9-17(2)16-13(12)11-5-3-10(7-14)4-6-11/h3-6,9,15H,8H2,1-2H3. The first-order chi connectivity index (χ1) is 8.24. The minimum atomic E-state index is 0.667. The summed E-state index contributed by atoms with van der Waals surface area (Å²) in [7, 11) is 3.82. The van der Waals surface area contributed by atoms with Crippen LogP contribution in [0.3, 0.4) is 0 Å². The van der Waals surface area contributed by atoms with Gasteiger partial charge in [-0.2, -0.15) is 10.4 Å². The summed E-state index contributed by atoms with van der Waals surface area (Å²) in [5, 5.41) is 16.3. The molecular weight excluding hydrogens is 212 g/mol. The zero-order valence-electron chi connectivity index (χ0n) is 9.94. The quantitative estimate of drug-likeness (QED) is 0.866. The van der Waals surface area contributed by atoms with Crippen LogP contribution < -0.4 is 5.32 Å². The van der Waals surface area contributed by atoms with Crippen LogP contribution in [0.4, 0.5) is 0 Å². The van der Waals surface area contributed by atoms with Crippen molar-refractivity contribution < 1.29 is 0 Å². The van der Waals surface area contributed by atoms with Crippen molar-refractivity contribution in [2.75, 3.05) is 7.05 Å². The Morgan fingerprint density at radius 2 is 2.06 bits per heavy atom. The van der Waals surface area contributed by atoms with E-state index in [4.69, 9.17) is 5.26 Å². The van der Waals surface area contributed by atoms with Crippen molar-refractivity contribution in [1.82, 2.24) is 15.1 Å². The Labute approximate surface area is 100 Å². The van der Waals surface area contributed by atoms with Crippen LogP contribution in [0.2, 0.25) is 0 Å². The van der Waals surface area contributed by atoms with Crippen LogP contribution in [0.25, 0.3) is 11.3 Å². The summed E-state index contributed by atoms with van der Waals surface area (Å²) in [4.78, 5) is 0. The van der Waals surface area contributed by atoms with Gasteiger partial charge in [0.05, 0.1) is 17.3 Å². The Morgan fingerprint density at radius 1 is 1.35 bits per heavy atom. The van der Waals surface area contributed by atoms with E-state index in [9.17, 15) is 0 Å². The van der Waals surface area contributed by atoms with E-state index in [2.05, 4.69) is 16.5 Å². The van der Waals surface area contributed by atoms with Gasteiger partial charge in [-0.3, -0.25) is 4.68 Å². The van der Waals surface area contributed by atoms with E-state index in [0.717, 1.165) is 23.4 Å². The van der Waals surface area contributed by atoms with Gasteiger partial charge in [-0.25, -0.2) is 0 Å². The molecule has 4 nitrogen and oxygen atoms in total. The molecule has 86 valence electrons. The largest absolute Gasteiger partial charge is 0.316 e. The van der Waals surface area contributed by atoms with Crippen LogP contribution in [-0.2, 0) is 13.6 Å². The molecular formula is C13H14N4. The molecule has 0 fully saturated rings. The average molecular weight is 226 g/mol. The van der Waals surface area contributed by atoms with E-state index in [1.165, 1.54) is 0 Å². The van der Waals surface area contributed by atoms with Gasteiger partial charge in [-0.05, 0) is 19.2 Å². The SMILES string of the molecule is CNCc1cn(C)nc1-c1ccc(C#N)cc1. The molecule has 0 aliphatic heterocycles. The number of nitrogens with zero attached hydrogens (tertiary/aromatic N) is 3. The van der Waals surface area contributed by atoms with Crippen LogP contribution in [0, 0.1) is 11.3 Å². The van der Waals surface area contributed by atoms with Crippen molar-refractivity contribution >= 4 is 0 Å².